The van der Waals surface area contributed by atoms with Crippen molar-refractivity contribution in [3.05, 3.63) is 97.5 Å². The van der Waals surface area contributed by atoms with E-state index in [0.29, 0.717) is 27.6 Å². The maximum absolute atomic E-state index is 13.1. The van der Waals surface area contributed by atoms with E-state index in [2.05, 4.69) is 27.6 Å². The number of esters is 1. The first-order valence-electron chi connectivity index (χ1n) is 9.46. The van der Waals surface area contributed by atoms with Gasteiger partial charge in [-0.05, 0) is 88.3 Å². The molecule has 0 fully saturated rings. The third kappa shape index (κ3) is 5.11. The van der Waals surface area contributed by atoms with Gasteiger partial charge in [0.2, 0.25) is 5.90 Å². The summed E-state index contributed by atoms with van der Waals surface area (Å²) in [6, 6.07) is 16.8. The highest BCUT2D eigenvalue weighted by Crippen LogP contribution is 2.38. The molecule has 4 rings (SSSR count). The molecule has 0 amide bonds. The maximum atomic E-state index is 13.1. The van der Waals surface area contributed by atoms with Gasteiger partial charge in [-0.2, -0.15) is 0 Å². The fraction of sp³-hybridized carbons (Fsp3) is 0.0833. The van der Waals surface area contributed by atoms with E-state index in [1.54, 1.807) is 30.3 Å². The lowest BCUT2D eigenvalue weighted by Gasteiger charge is -2.13. The lowest BCUT2D eigenvalue weighted by molar-refractivity contribution is -0.129. The van der Waals surface area contributed by atoms with E-state index in [4.69, 9.17) is 25.8 Å². The summed E-state index contributed by atoms with van der Waals surface area (Å²) in [6.07, 6.45) is 1.57. The first-order valence-corrected chi connectivity index (χ1v) is 10.9. The predicted octanol–water partition coefficient (Wildman–Crippen LogP) is 6.02. The van der Waals surface area contributed by atoms with Gasteiger partial charge in [-0.1, -0.05) is 23.7 Å². The molecule has 3 aromatic carbocycles. The zero-order chi connectivity index (χ0) is 22.7. The second-order valence-electron chi connectivity index (χ2n) is 6.79. The number of benzene rings is 3. The Kier molecular flexibility index (Phi) is 6.76. The van der Waals surface area contributed by atoms with Crippen LogP contribution in [-0.2, 0) is 16.1 Å². The second-order valence-corrected chi connectivity index (χ2v) is 8.45. The molecule has 0 saturated heterocycles. The van der Waals surface area contributed by atoms with Crippen molar-refractivity contribution >= 4 is 52.1 Å². The van der Waals surface area contributed by atoms with Crippen LogP contribution >= 0.6 is 34.2 Å². The number of halogens is 3. The van der Waals surface area contributed by atoms with E-state index < -0.39 is 5.97 Å². The highest BCUT2D eigenvalue weighted by Gasteiger charge is 2.24. The van der Waals surface area contributed by atoms with E-state index in [1.165, 1.54) is 19.2 Å². The summed E-state index contributed by atoms with van der Waals surface area (Å²) in [4.78, 5) is 16.6. The zero-order valence-corrected chi connectivity index (χ0v) is 19.7. The van der Waals surface area contributed by atoms with Gasteiger partial charge >= 0.3 is 5.97 Å². The molecule has 0 bridgehead atoms. The molecule has 8 heteroatoms. The van der Waals surface area contributed by atoms with Crippen LogP contribution in [0, 0.1) is 9.39 Å². The van der Waals surface area contributed by atoms with Crippen molar-refractivity contribution in [1.29, 1.82) is 0 Å². The Labute approximate surface area is 202 Å². The standard InChI is InChI=1S/C24H16ClFINO4/c1-30-21-12-15(10-19(25)22(21)31-13-14-2-6-17(26)7-3-14)11-20-24(29)32-23(28-20)16-4-8-18(27)9-5-16/h2-12H,13H2,1H3/b20-11-. The van der Waals surface area contributed by atoms with Crippen molar-refractivity contribution in [3.63, 3.8) is 0 Å². The zero-order valence-electron chi connectivity index (χ0n) is 16.8. The van der Waals surface area contributed by atoms with Crippen LogP contribution in [0.4, 0.5) is 4.39 Å². The third-order valence-electron chi connectivity index (χ3n) is 4.56. The summed E-state index contributed by atoms with van der Waals surface area (Å²) >= 11 is 8.62. The number of nitrogens with zero attached hydrogens (tertiary/aromatic N) is 1. The highest BCUT2D eigenvalue weighted by atomic mass is 127. The molecule has 0 radical (unpaired) electrons. The van der Waals surface area contributed by atoms with Gasteiger partial charge in [0, 0.05) is 9.13 Å². The monoisotopic (exact) mass is 563 g/mol. The normalized spacial score (nSPS) is 14.3. The average Bonchev–Trinajstić information content (AvgIpc) is 3.14. The smallest absolute Gasteiger partial charge is 0.363 e. The molecule has 0 saturated carbocycles. The van der Waals surface area contributed by atoms with Crippen molar-refractivity contribution in [1.82, 2.24) is 0 Å². The Hall–Kier alpha value is -2.91. The maximum Gasteiger partial charge on any atom is 0.363 e. The summed E-state index contributed by atoms with van der Waals surface area (Å²) in [5, 5.41) is 0.298. The molecule has 5 nitrogen and oxygen atoms in total. The minimum atomic E-state index is -0.551. The van der Waals surface area contributed by atoms with E-state index in [-0.39, 0.29) is 24.0 Å². The van der Waals surface area contributed by atoms with Gasteiger partial charge < -0.3 is 14.2 Å². The van der Waals surface area contributed by atoms with Crippen molar-refractivity contribution in [3.8, 4) is 11.5 Å². The molecule has 0 aliphatic carbocycles. The molecule has 3 aromatic rings. The van der Waals surface area contributed by atoms with Crippen LogP contribution in [0.25, 0.3) is 6.08 Å². The lowest BCUT2D eigenvalue weighted by Crippen LogP contribution is -2.05. The van der Waals surface area contributed by atoms with Gasteiger partial charge in [0.1, 0.15) is 12.4 Å². The van der Waals surface area contributed by atoms with Crippen LogP contribution < -0.4 is 9.47 Å². The van der Waals surface area contributed by atoms with Crippen LogP contribution in [0.15, 0.2) is 71.4 Å². The number of hydrogen-bond donors (Lipinski definition) is 0. The second kappa shape index (κ2) is 9.70. The topological polar surface area (TPSA) is 57.1 Å². The molecular formula is C24H16ClFINO4. The number of hydrogen-bond acceptors (Lipinski definition) is 5. The fourth-order valence-electron chi connectivity index (χ4n) is 2.98. The van der Waals surface area contributed by atoms with Crippen LogP contribution in [0.3, 0.4) is 0 Å². The summed E-state index contributed by atoms with van der Waals surface area (Å²) in [5.74, 6) is 0.109. The summed E-state index contributed by atoms with van der Waals surface area (Å²) < 4.78 is 30.7. The third-order valence-corrected chi connectivity index (χ3v) is 5.56. The number of methoxy groups -OCH3 is 1. The van der Waals surface area contributed by atoms with Crippen LogP contribution in [0.1, 0.15) is 16.7 Å². The average molecular weight is 564 g/mol. The summed E-state index contributed by atoms with van der Waals surface area (Å²) in [6.45, 7) is 0.187. The van der Waals surface area contributed by atoms with E-state index >= 15 is 0 Å². The minimum Gasteiger partial charge on any atom is -0.493 e. The van der Waals surface area contributed by atoms with E-state index in [1.807, 2.05) is 24.3 Å². The fourth-order valence-corrected chi connectivity index (χ4v) is 3.62. The SMILES string of the molecule is COc1cc(/C=C2\N=C(c3ccc(I)cc3)OC2=O)cc(Cl)c1OCc1ccc(F)cc1. The number of carbonyl (C=O) groups is 1. The van der Waals surface area contributed by atoms with Crippen LogP contribution in [0.2, 0.25) is 5.02 Å². The largest absolute Gasteiger partial charge is 0.493 e. The Morgan fingerprint density at radius 2 is 1.84 bits per heavy atom. The van der Waals surface area contributed by atoms with E-state index in [9.17, 15) is 9.18 Å². The number of aliphatic imine (C=N–C) groups is 1. The Morgan fingerprint density at radius 3 is 2.53 bits per heavy atom. The Bertz CT molecular complexity index is 1220. The predicted molar refractivity (Wildman–Crippen MR) is 129 cm³/mol. The van der Waals surface area contributed by atoms with Gasteiger partial charge in [0.15, 0.2) is 17.2 Å². The molecule has 0 atom stereocenters. The van der Waals surface area contributed by atoms with Gasteiger partial charge in [-0.25, -0.2) is 14.2 Å². The number of cyclic esters (lactones) is 1. The minimum absolute atomic E-state index is 0.150. The molecule has 1 aliphatic heterocycles. The molecule has 1 heterocycles. The summed E-state index contributed by atoms with van der Waals surface area (Å²) in [5.41, 5.74) is 2.24. The first-order chi connectivity index (χ1) is 15.4. The Balaban J connectivity index is 1.58. The molecular weight excluding hydrogens is 548 g/mol. The molecule has 0 N–H and O–H groups in total. The Morgan fingerprint density at radius 1 is 1.12 bits per heavy atom. The van der Waals surface area contributed by atoms with E-state index in [0.717, 1.165) is 9.13 Å². The molecule has 32 heavy (non-hydrogen) atoms. The molecule has 0 unspecified atom stereocenters. The number of carbonyl (C=O) groups excluding carboxylic acids is 1. The van der Waals surface area contributed by atoms with Crippen LogP contribution in [0.5, 0.6) is 11.5 Å². The van der Waals surface area contributed by atoms with Gasteiger partial charge in [0.05, 0.1) is 12.1 Å². The molecule has 0 aromatic heterocycles. The van der Waals surface area contributed by atoms with Crippen molar-refractivity contribution in [2.45, 2.75) is 6.61 Å². The number of rotatable bonds is 6. The van der Waals surface area contributed by atoms with Gasteiger partial charge in [0.25, 0.3) is 0 Å². The number of ether oxygens (including phenoxy) is 3. The van der Waals surface area contributed by atoms with Crippen molar-refractivity contribution in [2.24, 2.45) is 4.99 Å². The molecule has 0 spiro atoms. The summed E-state index contributed by atoms with van der Waals surface area (Å²) in [7, 11) is 1.49. The highest BCUT2D eigenvalue weighted by molar-refractivity contribution is 14.1. The van der Waals surface area contributed by atoms with Gasteiger partial charge in [-0.3, -0.25) is 0 Å². The first kappa shape index (κ1) is 22.3. The van der Waals surface area contributed by atoms with Crippen molar-refractivity contribution in [2.75, 3.05) is 7.11 Å². The van der Waals surface area contributed by atoms with Crippen LogP contribution in [-0.4, -0.2) is 19.0 Å². The van der Waals surface area contributed by atoms with Gasteiger partial charge in [-0.15, -0.1) is 0 Å². The molecule has 1 aliphatic rings. The lowest BCUT2D eigenvalue weighted by atomic mass is 10.1. The molecule has 162 valence electrons. The quantitative estimate of drug-likeness (QED) is 0.209. The van der Waals surface area contributed by atoms with Crippen molar-refractivity contribution < 1.29 is 23.4 Å².